The summed E-state index contributed by atoms with van der Waals surface area (Å²) in [5, 5.41) is 7.80. The van der Waals surface area contributed by atoms with Crippen molar-refractivity contribution in [2.75, 3.05) is 13.5 Å². The molecule has 12 heteroatoms. The second-order valence-electron chi connectivity index (χ2n) is 10.2. The van der Waals surface area contributed by atoms with Crippen LogP contribution in [0.4, 0.5) is 0 Å². The van der Waals surface area contributed by atoms with Gasteiger partial charge in [0.1, 0.15) is 0 Å². The van der Waals surface area contributed by atoms with Crippen LogP contribution in [0.5, 0.6) is 0 Å². The Morgan fingerprint density at radius 3 is 1.20 bits per heavy atom. The number of oxime groups is 2. The van der Waals surface area contributed by atoms with Gasteiger partial charge in [-0.1, -0.05) is 34.6 Å². The molecule has 0 radical (unpaired) electrons. The summed E-state index contributed by atoms with van der Waals surface area (Å²) in [6, 6.07) is 20.9. The normalized spacial score (nSPS) is 14.1. The van der Waals surface area contributed by atoms with E-state index in [1.165, 1.54) is 12.4 Å². The first-order valence-corrected chi connectivity index (χ1v) is 14.2. The molecule has 0 aliphatic carbocycles. The van der Waals surface area contributed by atoms with Gasteiger partial charge >= 0.3 is 0 Å². The first kappa shape index (κ1) is 29.1. The third-order valence-electron chi connectivity index (χ3n) is 7.35. The first-order chi connectivity index (χ1) is 22.0. The highest BCUT2D eigenvalue weighted by atomic mass is 16.6. The fraction of sp³-hybridized carbons (Fsp3) is 0.152. The van der Waals surface area contributed by atoms with Crippen LogP contribution in [0.1, 0.15) is 59.0 Å². The zero-order valence-electron chi connectivity index (χ0n) is 24.1. The summed E-state index contributed by atoms with van der Waals surface area (Å²) in [4.78, 5) is 62.0. The third-order valence-corrected chi connectivity index (χ3v) is 7.35. The molecule has 45 heavy (non-hydrogen) atoms. The standard InChI is InChI=1S/C33H28N6O6/c40-30-26-6-1-2-7-27(26)31(41)38(30)22-44-34-20-24-10-16-36(17-11-24)14-5-15-37-18-12-25(13-19-37)21-35-45-23-39-32(42)28-8-3-4-9-29(28)33(39)43/h1-4,6-13,16-21H,5,14-15,22-23H2/q+2/b34-20-,35-21-. The lowest BCUT2D eigenvalue weighted by atomic mass is 10.1. The van der Waals surface area contributed by atoms with Crippen LogP contribution in [0, 0.1) is 0 Å². The summed E-state index contributed by atoms with van der Waals surface area (Å²) in [5.74, 6) is -1.56. The van der Waals surface area contributed by atoms with Gasteiger partial charge in [-0.15, -0.1) is 0 Å². The number of rotatable bonds is 12. The van der Waals surface area contributed by atoms with Gasteiger partial charge in [-0.25, -0.2) is 18.9 Å². The van der Waals surface area contributed by atoms with Crippen molar-refractivity contribution in [1.82, 2.24) is 9.80 Å². The van der Waals surface area contributed by atoms with Crippen molar-refractivity contribution in [2.24, 2.45) is 10.3 Å². The van der Waals surface area contributed by atoms with Crippen LogP contribution in [0.25, 0.3) is 0 Å². The summed E-state index contributed by atoms with van der Waals surface area (Å²) < 4.78 is 4.12. The Morgan fingerprint density at radius 1 is 0.533 bits per heavy atom. The average Bonchev–Trinajstić information content (AvgIpc) is 3.46. The molecular formula is C33H28N6O6+2. The Balaban J connectivity index is 0.896. The van der Waals surface area contributed by atoms with Gasteiger partial charge in [-0.05, 0) is 24.3 Å². The second-order valence-corrected chi connectivity index (χ2v) is 10.2. The zero-order valence-corrected chi connectivity index (χ0v) is 24.1. The fourth-order valence-electron chi connectivity index (χ4n) is 4.93. The molecule has 0 bridgehead atoms. The number of imide groups is 2. The van der Waals surface area contributed by atoms with Crippen LogP contribution in [0.15, 0.2) is 108 Å². The quantitative estimate of drug-likeness (QED) is 0.106. The van der Waals surface area contributed by atoms with E-state index in [9.17, 15) is 19.2 Å². The molecule has 6 rings (SSSR count). The number of benzene rings is 2. The summed E-state index contributed by atoms with van der Waals surface area (Å²) in [6.07, 6.45) is 11.7. The van der Waals surface area contributed by atoms with Crippen LogP contribution in [-0.4, -0.2) is 59.3 Å². The minimum Gasteiger partial charge on any atom is -0.373 e. The van der Waals surface area contributed by atoms with E-state index in [1.54, 1.807) is 48.5 Å². The van der Waals surface area contributed by atoms with Gasteiger partial charge in [-0.3, -0.25) is 19.2 Å². The Hall–Kier alpha value is -6.04. The molecule has 4 heterocycles. The molecule has 0 spiro atoms. The van der Waals surface area contributed by atoms with E-state index in [0.29, 0.717) is 22.3 Å². The molecule has 0 unspecified atom stereocenters. The number of hydrogen-bond donors (Lipinski definition) is 0. The molecule has 2 aliphatic heterocycles. The molecule has 224 valence electrons. The van der Waals surface area contributed by atoms with Crippen LogP contribution < -0.4 is 9.13 Å². The minimum atomic E-state index is -0.390. The largest absolute Gasteiger partial charge is 0.373 e. The Labute approximate surface area is 258 Å². The number of carbonyl (C=O) groups is 4. The van der Waals surface area contributed by atoms with Crippen LogP contribution in [0.3, 0.4) is 0 Å². The highest BCUT2D eigenvalue weighted by Crippen LogP contribution is 2.23. The number of carbonyl (C=O) groups excluding carboxylic acids is 4. The van der Waals surface area contributed by atoms with E-state index >= 15 is 0 Å². The number of pyridine rings is 2. The van der Waals surface area contributed by atoms with E-state index in [0.717, 1.165) is 40.4 Å². The van der Waals surface area contributed by atoms with Crippen molar-refractivity contribution >= 4 is 36.1 Å². The molecule has 0 atom stereocenters. The van der Waals surface area contributed by atoms with Gasteiger partial charge in [0.2, 0.25) is 0 Å². The monoisotopic (exact) mass is 604 g/mol. The molecule has 0 N–H and O–H groups in total. The summed E-state index contributed by atoms with van der Waals surface area (Å²) >= 11 is 0. The van der Waals surface area contributed by atoms with Crippen molar-refractivity contribution in [3.8, 4) is 0 Å². The number of aromatic nitrogens is 2. The number of hydrogen-bond acceptors (Lipinski definition) is 8. The van der Waals surface area contributed by atoms with Gasteiger partial charge in [-0.2, -0.15) is 0 Å². The number of aryl methyl sites for hydroxylation is 2. The Morgan fingerprint density at radius 2 is 0.867 bits per heavy atom. The molecule has 2 aromatic heterocycles. The highest BCUT2D eigenvalue weighted by Gasteiger charge is 2.36. The van der Waals surface area contributed by atoms with Gasteiger partial charge < -0.3 is 9.68 Å². The summed E-state index contributed by atoms with van der Waals surface area (Å²) in [6.45, 7) is 1.09. The third kappa shape index (κ3) is 6.34. The summed E-state index contributed by atoms with van der Waals surface area (Å²) in [7, 11) is 0. The molecule has 12 nitrogen and oxygen atoms in total. The predicted octanol–water partition coefficient (Wildman–Crippen LogP) is 2.56. The molecular weight excluding hydrogens is 576 g/mol. The minimum absolute atomic E-state index is 0.256. The van der Waals surface area contributed by atoms with E-state index < -0.39 is 0 Å². The molecule has 4 aromatic rings. The van der Waals surface area contributed by atoms with Gasteiger partial charge in [0.25, 0.3) is 23.6 Å². The lowest BCUT2D eigenvalue weighted by molar-refractivity contribution is -0.726. The maximum atomic E-state index is 12.4. The van der Waals surface area contributed by atoms with Crippen molar-refractivity contribution in [3.05, 3.63) is 131 Å². The summed E-state index contributed by atoms with van der Waals surface area (Å²) in [5.41, 5.74) is 3.11. The second kappa shape index (κ2) is 13.1. The van der Waals surface area contributed by atoms with Crippen molar-refractivity contribution in [2.45, 2.75) is 19.5 Å². The maximum absolute atomic E-state index is 12.4. The SMILES string of the molecule is O=C1c2ccccc2C(=O)N1CO/N=C\c1cc[n+](CCC[n+]2ccc(/C=N\OCN3C(=O)c4ccccc4C3=O)cc2)cc1. The van der Waals surface area contributed by atoms with E-state index in [2.05, 4.69) is 19.4 Å². The Kier molecular flexibility index (Phi) is 8.45. The molecule has 2 aliphatic rings. The molecule has 4 amide bonds. The van der Waals surface area contributed by atoms with E-state index in [1.807, 2.05) is 49.1 Å². The molecule has 2 aromatic carbocycles. The average molecular weight is 605 g/mol. The molecule has 0 fully saturated rings. The number of amides is 4. The number of fused-ring (bicyclic) bond motifs is 2. The predicted molar refractivity (Wildman–Crippen MR) is 159 cm³/mol. The lowest BCUT2D eigenvalue weighted by Crippen LogP contribution is -2.38. The topological polar surface area (TPSA) is 126 Å². The number of nitrogens with zero attached hydrogens (tertiary/aromatic N) is 6. The van der Waals surface area contributed by atoms with Crippen molar-refractivity contribution in [3.63, 3.8) is 0 Å². The van der Waals surface area contributed by atoms with Crippen LogP contribution in [0.2, 0.25) is 0 Å². The van der Waals surface area contributed by atoms with E-state index in [4.69, 9.17) is 9.68 Å². The van der Waals surface area contributed by atoms with Crippen LogP contribution in [-0.2, 0) is 22.8 Å². The molecule has 0 saturated carbocycles. The van der Waals surface area contributed by atoms with Gasteiger partial charge in [0.05, 0.1) is 41.1 Å². The fourth-order valence-corrected chi connectivity index (χ4v) is 4.93. The smallest absolute Gasteiger partial charge is 0.264 e. The molecule has 0 saturated heterocycles. The Bertz CT molecular complexity index is 1620. The van der Waals surface area contributed by atoms with Crippen LogP contribution >= 0.6 is 0 Å². The first-order valence-electron chi connectivity index (χ1n) is 14.2. The van der Waals surface area contributed by atoms with E-state index in [-0.39, 0.29) is 37.1 Å². The van der Waals surface area contributed by atoms with Gasteiger partial charge in [0.15, 0.2) is 51.3 Å². The van der Waals surface area contributed by atoms with Crippen molar-refractivity contribution < 1.29 is 38.0 Å². The highest BCUT2D eigenvalue weighted by molar-refractivity contribution is 6.21. The lowest BCUT2D eigenvalue weighted by Gasteiger charge is -2.11. The zero-order chi connectivity index (χ0) is 31.2. The van der Waals surface area contributed by atoms with Crippen molar-refractivity contribution in [1.29, 1.82) is 0 Å². The maximum Gasteiger partial charge on any atom is 0.264 e. The van der Waals surface area contributed by atoms with Gasteiger partial charge in [0, 0.05) is 35.4 Å².